The summed E-state index contributed by atoms with van der Waals surface area (Å²) in [7, 11) is 1.72. The largest absolute Gasteiger partial charge is 0.321 e. The van der Waals surface area contributed by atoms with Crippen molar-refractivity contribution in [2.24, 2.45) is 7.05 Å². The Morgan fingerprint density at radius 2 is 1.86 bits per heavy atom. The highest BCUT2D eigenvalue weighted by molar-refractivity contribution is 6.03. The standard InChI is InChI=1S/C17H14FN3O/c1-21-16(12-6-5-7-13(18)10-12)11-15(20-21)17(22)19-14-8-3-2-4-9-14/h2-11H,1H3,(H,19,22). The Kier molecular flexibility index (Phi) is 3.70. The summed E-state index contributed by atoms with van der Waals surface area (Å²) in [6.07, 6.45) is 0. The van der Waals surface area contributed by atoms with E-state index in [0.29, 0.717) is 16.9 Å². The lowest BCUT2D eigenvalue weighted by molar-refractivity contribution is 0.102. The summed E-state index contributed by atoms with van der Waals surface area (Å²) in [6.45, 7) is 0. The molecule has 0 aliphatic rings. The van der Waals surface area contributed by atoms with E-state index in [4.69, 9.17) is 0 Å². The van der Waals surface area contributed by atoms with Crippen molar-refractivity contribution in [1.82, 2.24) is 9.78 Å². The SMILES string of the molecule is Cn1nc(C(=O)Nc2ccccc2)cc1-c1cccc(F)c1. The van der Waals surface area contributed by atoms with Crippen molar-refractivity contribution < 1.29 is 9.18 Å². The van der Waals surface area contributed by atoms with E-state index >= 15 is 0 Å². The number of amides is 1. The van der Waals surface area contributed by atoms with Crippen LogP contribution in [0, 0.1) is 5.82 Å². The summed E-state index contributed by atoms with van der Waals surface area (Å²) in [4.78, 5) is 12.2. The van der Waals surface area contributed by atoms with Gasteiger partial charge < -0.3 is 5.32 Å². The molecule has 1 aromatic heterocycles. The number of carbonyl (C=O) groups excluding carboxylic acids is 1. The number of hydrogen-bond acceptors (Lipinski definition) is 2. The van der Waals surface area contributed by atoms with Crippen molar-refractivity contribution in [3.8, 4) is 11.3 Å². The maximum absolute atomic E-state index is 13.3. The van der Waals surface area contributed by atoms with Gasteiger partial charge in [0.2, 0.25) is 0 Å². The van der Waals surface area contributed by atoms with Crippen LogP contribution in [0.4, 0.5) is 10.1 Å². The van der Waals surface area contributed by atoms with Crippen molar-refractivity contribution in [3.63, 3.8) is 0 Å². The number of anilines is 1. The van der Waals surface area contributed by atoms with Gasteiger partial charge in [0.25, 0.3) is 5.91 Å². The van der Waals surface area contributed by atoms with Crippen LogP contribution >= 0.6 is 0 Å². The summed E-state index contributed by atoms with van der Waals surface area (Å²) in [5, 5.41) is 6.97. The minimum atomic E-state index is -0.325. The van der Waals surface area contributed by atoms with Crippen LogP contribution in [0.25, 0.3) is 11.3 Å². The lowest BCUT2D eigenvalue weighted by atomic mass is 10.1. The zero-order valence-corrected chi connectivity index (χ0v) is 12.0. The molecule has 22 heavy (non-hydrogen) atoms. The van der Waals surface area contributed by atoms with Crippen LogP contribution in [-0.4, -0.2) is 15.7 Å². The molecule has 4 nitrogen and oxygen atoms in total. The number of carbonyl (C=O) groups is 1. The van der Waals surface area contributed by atoms with E-state index < -0.39 is 0 Å². The molecular weight excluding hydrogens is 281 g/mol. The molecule has 1 heterocycles. The van der Waals surface area contributed by atoms with Crippen molar-refractivity contribution in [1.29, 1.82) is 0 Å². The predicted molar refractivity (Wildman–Crippen MR) is 83.0 cm³/mol. The van der Waals surface area contributed by atoms with E-state index in [9.17, 15) is 9.18 Å². The lowest BCUT2D eigenvalue weighted by Gasteiger charge is -2.01. The summed E-state index contributed by atoms with van der Waals surface area (Å²) in [5.74, 6) is -0.626. The molecule has 1 N–H and O–H groups in total. The Hall–Kier alpha value is -2.95. The molecule has 2 aromatic carbocycles. The van der Waals surface area contributed by atoms with Gasteiger partial charge in [0.05, 0.1) is 5.69 Å². The molecule has 0 fully saturated rings. The number of rotatable bonds is 3. The van der Waals surface area contributed by atoms with Gasteiger partial charge >= 0.3 is 0 Å². The topological polar surface area (TPSA) is 46.9 Å². The number of para-hydroxylation sites is 1. The van der Waals surface area contributed by atoms with Crippen molar-refractivity contribution in [3.05, 3.63) is 72.2 Å². The van der Waals surface area contributed by atoms with Crippen LogP contribution < -0.4 is 5.32 Å². The van der Waals surface area contributed by atoms with Gasteiger partial charge in [0, 0.05) is 18.3 Å². The Balaban J connectivity index is 1.87. The molecule has 0 unspecified atom stereocenters. The smallest absolute Gasteiger partial charge is 0.276 e. The molecule has 110 valence electrons. The van der Waals surface area contributed by atoms with E-state index in [1.54, 1.807) is 42.1 Å². The Bertz CT molecular complexity index is 812. The summed E-state index contributed by atoms with van der Waals surface area (Å²) >= 11 is 0. The van der Waals surface area contributed by atoms with Crippen LogP contribution in [-0.2, 0) is 7.05 Å². The molecule has 3 rings (SSSR count). The minimum absolute atomic E-state index is 0.283. The van der Waals surface area contributed by atoms with E-state index in [2.05, 4.69) is 10.4 Å². The molecule has 0 aliphatic carbocycles. The first-order valence-electron chi connectivity index (χ1n) is 6.80. The molecule has 3 aromatic rings. The third-order valence-electron chi connectivity index (χ3n) is 3.26. The van der Waals surface area contributed by atoms with Gasteiger partial charge in [-0.3, -0.25) is 9.48 Å². The second-order valence-electron chi connectivity index (χ2n) is 4.87. The van der Waals surface area contributed by atoms with Crippen molar-refractivity contribution in [2.75, 3.05) is 5.32 Å². The van der Waals surface area contributed by atoms with Crippen LogP contribution in [0.5, 0.6) is 0 Å². The predicted octanol–water partition coefficient (Wildman–Crippen LogP) is 3.48. The first-order valence-corrected chi connectivity index (χ1v) is 6.80. The molecule has 0 bridgehead atoms. The minimum Gasteiger partial charge on any atom is -0.321 e. The van der Waals surface area contributed by atoms with Gasteiger partial charge in [-0.1, -0.05) is 30.3 Å². The van der Waals surface area contributed by atoms with Crippen LogP contribution in [0.15, 0.2) is 60.7 Å². The Labute approximate surface area is 127 Å². The maximum atomic E-state index is 13.3. The van der Waals surface area contributed by atoms with Gasteiger partial charge in [0.1, 0.15) is 5.82 Å². The monoisotopic (exact) mass is 295 g/mol. The highest BCUT2D eigenvalue weighted by atomic mass is 19.1. The van der Waals surface area contributed by atoms with Gasteiger partial charge in [-0.05, 0) is 30.3 Å². The average Bonchev–Trinajstić information content (AvgIpc) is 2.90. The van der Waals surface area contributed by atoms with Gasteiger partial charge in [0.15, 0.2) is 5.69 Å². The van der Waals surface area contributed by atoms with Crippen molar-refractivity contribution in [2.45, 2.75) is 0 Å². The second-order valence-corrected chi connectivity index (χ2v) is 4.87. The number of hydrogen-bond donors (Lipinski definition) is 1. The van der Waals surface area contributed by atoms with Crippen LogP contribution in [0.3, 0.4) is 0 Å². The Morgan fingerprint density at radius 1 is 1.09 bits per heavy atom. The van der Waals surface area contributed by atoms with E-state index in [0.717, 1.165) is 0 Å². The van der Waals surface area contributed by atoms with Gasteiger partial charge in [-0.25, -0.2) is 4.39 Å². The molecule has 5 heteroatoms. The van der Waals surface area contributed by atoms with Crippen LogP contribution in [0.1, 0.15) is 10.5 Å². The first-order chi connectivity index (χ1) is 10.6. The first kappa shape index (κ1) is 14.0. The normalized spacial score (nSPS) is 10.5. The molecule has 1 amide bonds. The second kappa shape index (κ2) is 5.81. The summed E-state index contributed by atoms with van der Waals surface area (Å²) in [5.41, 5.74) is 2.34. The number of nitrogens with one attached hydrogen (secondary N) is 1. The highest BCUT2D eigenvalue weighted by Gasteiger charge is 2.14. The molecule has 0 aliphatic heterocycles. The quantitative estimate of drug-likeness (QED) is 0.804. The fraction of sp³-hybridized carbons (Fsp3) is 0.0588. The van der Waals surface area contributed by atoms with E-state index in [1.807, 2.05) is 18.2 Å². The van der Waals surface area contributed by atoms with Gasteiger partial charge in [-0.2, -0.15) is 5.10 Å². The number of nitrogens with zero attached hydrogens (tertiary/aromatic N) is 2. The average molecular weight is 295 g/mol. The van der Waals surface area contributed by atoms with E-state index in [-0.39, 0.29) is 17.4 Å². The zero-order chi connectivity index (χ0) is 15.5. The molecule has 0 saturated heterocycles. The fourth-order valence-corrected chi connectivity index (χ4v) is 2.21. The number of aryl methyl sites for hydroxylation is 1. The van der Waals surface area contributed by atoms with E-state index in [1.165, 1.54) is 12.1 Å². The highest BCUT2D eigenvalue weighted by Crippen LogP contribution is 2.21. The third kappa shape index (κ3) is 2.88. The van der Waals surface area contributed by atoms with Crippen LogP contribution in [0.2, 0.25) is 0 Å². The number of aromatic nitrogens is 2. The Morgan fingerprint density at radius 3 is 2.59 bits per heavy atom. The fourth-order valence-electron chi connectivity index (χ4n) is 2.21. The number of benzene rings is 2. The lowest BCUT2D eigenvalue weighted by Crippen LogP contribution is -2.12. The van der Waals surface area contributed by atoms with Crippen molar-refractivity contribution >= 4 is 11.6 Å². The molecule has 0 saturated carbocycles. The molecule has 0 radical (unpaired) electrons. The maximum Gasteiger partial charge on any atom is 0.276 e. The summed E-state index contributed by atoms with van der Waals surface area (Å²) < 4.78 is 14.9. The number of halogens is 1. The molecule has 0 spiro atoms. The summed E-state index contributed by atoms with van der Waals surface area (Å²) in [6, 6.07) is 17.0. The third-order valence-corrected chi connectivity index (χ3v) is 3.26. The zero-order valence-electron chi connectivity index (χ0n) is 12.0. The van der Waals surface area contributed by atoms with Gasteiger partial charge in [-0.15, -0.1) is 0 Å². The molecular formula is C17H14FN3O. The molecule has 0 atom stereocenters.